The number of carbonyl (C=O) groups is 2. The average molecular weight is 634 g/mol. The van der Waals surface area contributed by atoms with E-state index in [1.165, 1.54) is 33.4 Å². The summed E-state index contributed by atoms with van der Waals surface area (Å²) in [7, 11) is 0. The van der Waals surface area contributed by atoms with E-state index < -0.39 is 23.5 Å². The number of thioether (sulfide) groups is 1. The highest BCUT2D eigenvalue weighted by Gasteiger charge is 2.46. The second-order valence-corrected chi connectivity index (χ2v) is 12.7. The molecular weight excluding hydrogens is 607 g/mol. The van der Waals surface area contributed by atoms with E-state index in [1.807, 2.05) is 43.3 Å². The number of aromatic nitrogens is 2. The number of ether oxygens (including phenoxy) is 1. The Balaban J connectivity index is 1.22. The second kappa shape index (κ2) is 12.2. The minimum absolute atomic E-state index is 0.0314. The van der Waals surface area contributed by atoms with Gasteiger partial charge in [0.05, 0.1) is 18.2 Å². The van der Waals surface area contributed by atoms with Gasteiger partial charge in [0.25, 0.3) is 5.91 Å². The zero-order chi connectivity index (χ0) is 30.9. The minimum atomic E-state index is -0.956. The number of carbonyl (C=O) groups excluding carboxylic acids is 2. The number of hydrogen-bond acceptors (Lipinski definition) is 9. The summed E-state index contributed by atoms with van der Waals surface area (Å²) in [6.45, 7) is 2.59. The van der Waals surface area contributed by atoms with Crippen LogP contribution in [0.25, 0.3) is 21.7 Å². The lowest BCUT2D eigenvalue weighted by Crippen LogP contribution is -2.31. The van der Waals surface area contributed by atoms with E-state index >= 15 is 0 Å². The summed E-state index contributed by atoms with van der Waals surface area (Å²) in [5.74, 6) is -0.594. The first kappa shape index (κ1) is 28.8. The molecule has 45 heavy (non-hydrogen) atoms. The number of para-hydroxylation sites is 1. The molecule has 7 rings (SSSR count). The summed E-state index contributed by atoms with van der Waals surface area (Å²) < 4.78 is 12.3. The SMILES string of the molecule is CCCOc1ccc(C2C(C(=O)c3cc4ccccc4o3)=C(O)C(=O)N2c2nnc(SCc3cccc4ccccc34)s2)cc1. The first-order valence-electron chi connectivity index (χ1n) is 14.5. The number of ketones is 1. The third-order valence-corrected chi connectivity index (χ3v) is 9.71. The van der Waals surface area contributed by atoms with Gasteiger partial charge in [0.2, 0.25) is 10.9 Å². The fourth-order valence-electron chi connectivity index (χ4n) is 5.46. The highest BCUT2D eigenvalue weighted by Crippen LogP contribution is 2.44. The van der Waals surface area contributed by atoms with E-state index in [4.69, 9.17) is 9.15 Å². The Bertz CT molecular complexity index is 2040. The van der Waals surface area contributed by atoms with Gasteiger partial charge in [-0.1, -0.05) is 103 Å². The van der Waals surface area contributed by atoms with Crippen molar-refractivity contribution in [1.29, 1.82) is 0 Å². The predicted octanol–water partition coefficient (Wildman–Crippen LogP) is 8.30. The van der Waals surface area contributed by atoms with Gasteiger partial charge in [-0.2, -0.15) is 0 Å². The van der Waals surface area contributed by atoms with Crippen molar-refractivity contribution in [3.05, 3.63) is 125 Å². The number of Topliss-reactive ketones (excluding diaryl/α,β-unsaturated/α-hetero) is 1. The number of amides is 1. The standard InChI is InChI=1S/C35H27N3O5S2/c1-2-18-42-25-16-14-22(15-17-25)30-29(31(39)28-19-23-9-4-6-13-27(23)43-28)32(40)33(41)38(30)34-36-37-35(45-34)44-20-24-11-7-10-21-8-3-5-12-26(21)24/h3-17,19,30,40H,2,18,20H2,1H3. The van der Waals surface area contributed by atoms with Crippen LogP contribution in [0.5, 0.6) is 5.75 Å². The summed E-state index contributed by atoms with van der Waals surface area (Å²) in [6.07, 6.45) is 0.858. The summed E-state index contributed by atoms with van der Waals surface area (Å²) in [5.41, 5.74) is 2.22. The number of fused-ring (bicyclic) bond motifs is 2. The molecule has 1 unspecified atom stereocenters. The molecule has 0 spiro atoms. The molecule has 1 aliphatic rings. The molecule has 1 aliphatic heterocycles. The van der Waals surface area contributed by atoms with Crippen LogP contribution >= 0.6 is 23.1 Å². The van der Waals surface area contributed by atoms with Crippen LogP contribution in [0.3, 0.4) is 0 Å². The maximum absolute atomic E-state index is 14.0. The van der Waals surface area contributed by atoms with Crippen molar-refractivity contribution in [3.63, 3.8) is 0 Å². The van der Waals surface area contributed by atoms with Crippen molar-refractivity contribution in [3.8, 4) is 5.75 Å². The molecule has 0 bridgehead atoms. The Morgan fingerprint density at radius 3 is 2.53 bits per heavy atom. The van der Waals surface area contributed by atoms with Crippen LogP contribution in [0.1, 0.15) is 41.1 Å². The molecule has 0 radical (unpaired) electrons. The zero-order valence-corrected chi connectivity index (χ0v) is 25.8. The van der Waals surface area contributed by atoms with Gasteiger partial charge in [-0.3, -0.25) is 14.5 Å². The van der Waals surface area contributed by atoms with Crippen LogP contribution in [0.4, 0.5) is 5.13 Å². The number of benzene rings is 4. The Morgan fingerprint density at radius 2 is 1.73 bits per heavy atom. The van der Waals surface area contributed by atoms with Gasteiger partial charge in [-0.25, -0.2) is 0 Å². The fraction of sp³-hybridized carbons (Fsp3) is 0.143. The summed E-state index contributed by atoms with van der Waals surface area (Å²) >= 11 is 2.75. The molecule has 0 saturated carbocycles. The van der Waals surface area contributed by atoms with Gasteiger partial charge < -0.3 is 14.3 Å². The molecule has 3 heterocycles. The first-order valence-corrected chi connectivity index (χ1v) is 16.3. The molecule has 224 valence electrons. The van der Waals surface area contributed by atoms with Crippen LogP contribution in [-0.2, 0) is 10.5 Å². The zero-order valence-electron chi connectivity index (χ0n) is 24.2. The summed E-state index contributed by atoms with van der Waals surface area (Å²) in [4.78, 5) is 29.0. The molecule has 8 nitrogen and oxygen atoms in total. The van der Waals surface area contributed by atoms with Crippen LogP contribution < -0.4 is 9.64 Å². The molecule has 4 aromatic carbocycles. The molecule has 1 amide bonds. The van der Waals surface area contributed by atoms with E-state index in [2.05, 4.69) is 34.5 Å². The smallest absolute Gasteiger partial charge is 0.296 e. The minimum Gasteiger partial charge on any atom is -0.503 e. The maximum atomic E-state index is 14.0. The Labute approximate surface area is 267 Å². The monoisotopic (exact) mass is 633 g/mol. The summed E-state index contributed by atoms with van der Waals surface area (Å²) in [5, 5.41) is 23.3. The normalized spacial score (nSPS) is 15.0. The number of hydrogen-bond donors (Lipinski definition) is 1. The fourth-order valence-corrected chi connectivity index (χ4v) is 7.33. The van der Waals surface area contributed by atoms with E-state index in [0.717, 1.165) is 22.8 Å². The third-order valence-electron chi connectivity index (χ3n) is 7.60. The van der Waals surface area contributed by atoms with Gasteiger partial charge in [0.1, 0.15) is 11.3 Å². The lowest BCUT2D eigenvalue weighted by Gasteiger charge is -2.24. The van der Waals surface area contributed by atoms with Crippen LogP contribution in [-0.4, -0.2) is 33.6 Å². The van der Waals surface area contributed by atoms with Crippen LogP contribution in [0.2, 0.25) is 0 Å². The maximum Gasteiger partial charge on any atom is 0.296 e. The largest absolute Gasteiger partial charge is 0.503 e. The van der Waals surface area contributed by atoms with E-state index in [1.54, 1.807) is 36.4 Å². The molecule has 0 saturated heterocycles. The Kier molecular flexibility index (Phi) is 7.83. The van der Waals surface area contributed by atoms with Crippen molar-refractivity contribution in [2.24, 2.45) is 0 Å². The van der Waals surface area contributed by atoms with Crippen molar-refractivity contribution in [1.82, 2.24) is 10.2 Å². The van der Waals surface area contributed by atoms with Crippen molar-refractivity contribution < 1.29 is 23.8 Å². The van der Waals surface area contributed by atoms with Gasteiger partial charge in [0.15, 0.2) is 15.9 Å². The second-order valence-electron chi connectivity index (χ2n) is 10.5. The van der Waals surface area contributed by atoms with Crippen molar-refractivity contribution >= 4 is 61.7 Å². The molecule has 2 aromatic heterocycles. The van der Waals surface area contributed by atoms with Gasteiger partial charge >= 0.3 is 0 Å². The number of rotatable bonds is 10. The number of anilines is 1. The number of furan rings is 1. The first-order chi connectivity index (χ1) is 22.0. The number of nitrogens with zero attached hydrogens (tertiary/aromatic N) is 3. The van der Waals surface area contributed by atoms with Gasteiger partial charge in [-0.15, -0.1) is 10.2 Å². The van der Waals surface area contributed by atoms with E-state index in [0.29, 0.717) is 33.6 Å². The van der Waals surface area contributed by atoms with E-state index in [-0.39, 0.29) is 16.5 Å². The Hall–Kier alpha value is -4.93. The van der Waals surface area contributed by atoms with Gasteiger partial charge in [0, 0.05) is 11.1 Å². The van der Waals surface area contributed by atoms with Crippen molar-refractivity contribution in [2.45, 2.75) is 29.5 Å². The molecule has 1 N–H and O–H groups in total. The van der Waals surface area contributed by atoms with E-state index in [9.17, 15) is 14.7 Å². The Morgan fingerprint density at radius 1 is 0.978 bits per heavy atom. The molecule has 6 aromatic rings. The third kappa shape index (κ3) is 5.47. The molecular formula is C35H27N3O5S2. The molecule has 0 aliphatic carbocycles. The number of aliphatic hydroxyl groups is 1. The number of aliphatic hydroxyl groups excluding tert-OH is 1. The lowest BCUT2D eigenvalue weighted by atomic mass is 9.95. The van der Waals surface area contributed by atoms with Gasteiger partial charge in [-0.05, 0) is 52.6 Å². The highest BCUT2D eigenvalue weighted by molar-refractivity contribution is 8.00. The highest BCUT2D eigenvalue weighted by atomic mass is 32.2. The lowest BCUT2D eigenvalue weighted by molar-refractivity contribution is -0.117. The quantitative estimate of drug-likeness (QED) is 0.0912. The summed E-state index contributed by atoms with van der Waals surface area (Å²) in [6, 6.07) is 29.5. The van der Waals surface area contributed by atoms with Crippen molar-refractivity contribution in [2.75, 3.05) is 11.5 Å². The molecule has 1 atom stereocenters. The van der Waals surface area contributed by atoms with Crippen LogP contribution in [0, 0.1) is 0 Å². The topological polar surface area (TPSA) is 106 Å². The van der Waals surface area contributed by atoms with Crippen LogP contribution in [0.15, 0.2) is 117 Å². The molecule has 0 fully saturated rings. The predicted molar refractivity (Wildman–Crippen MR) is 176 cm³/mol. The molecule has 10 heteroatoms. The average Bonchev–Trinajstić information content (AvgIpc) is 3.79.